The summed E-state index contributed by atoms with van der Waals surface area (Å²) < 4.78 is 26.2. The SMILES string of the molecule is NC(=O)C(NC(=O)[C@@H]1CCN(c2ccc(F)c(F)c2)C1=O)C(N)=O. The third kappa shape index (κ3) is 3.31. The standard InChI is InChI=1S/C14H14F2N4O4/c15-8-2-1-6(5-9(8)16)20-4-3-7(14(20)24)13(23)19-10(11(17)21)12(18)22/h1-2,5,7,10H,3-4H2,(H2,17,21)(H2,18,22)(H,19,23)/t7-/m0/s1. The number of amides is 4. The minimum Gasteiger partial charge on any atom is -0.367 e. The van der Waals surface area contributed by atoms with Crippen LogP contribution in [0.4, 0.5) is 14.5 Å². The van der Waals surface area contributed by atoms with E-state index in [4.69, 9.17) is 11.5 Å². The van der Waals surface area contributed by atoms with Crippen LogP contribution in [-0.4, -0.2) is 36.2 Å². The van der Waals surface area contributed by atoms with Gasteiger partial charge in [-0.2, -0.15) is 0 Å². The van der Waals surface area contributed by atoms with E-state index in [1.165, 1.54) is 6.07 Å². The van der Waals surface area contributed by atoms with Crippen molar-refractivity contribution in [2.24, 2.45) is 17.4 Å². The van der Waals surface area contributed by atoms with Gasteiger partial charge < -0.3 is 21.7 Å². The van der Waals surface area contributed by atoms with Gasteiger partial charge in [-0.3, -0.25) is 19.2 Å². The molecular weight excluding hydrogens is 326 g/mol. The molecule has 128 valence electrons. The van der Waals surface area contributed by atoms with Gasteiger partial charge in [0.2, 0.25) is 23.6 Å². The molecule has 0 radical (unpaired) electrons. The molecule has 0 spiro atoms. The Morgan fingerprint density at radius 3 is 2.33 bits per heavy atom. The predicted molar refractivity (Wildman–Crippen MR) is 77.1 cm³/mol. The van der Waals surface area contributed by atoms with Gasteiger partial charge in [0.05, 0.1) is 0 Å². The lowest BCUT2D eigenvalue weighted by Gasteiger charge is -2.18. The normalized spacial score (nSPS) is 17.2. The number of rotatable bonds is 5. The van der Waals surface area contributed by atoms with Crippen molar-refractivity contribution in [3.63, 3.8) is 0 Å². The highest BCUT2D eigenvalue weighted by atomic mass is 19.2. The van der Waals surface area contributed by atoms with Crippen LogP contribution in [0.15, 0.2) is 18.2 Å². The minimum absolute atomic E-state index is 0.0634. The van der Waals surface area contributed by atoms with Crippen molar-refractivity contribution in [3.8, 4) is 0 Å². The molecule has 1 aromatic rings. The molecule has 0 saturated carbocycles. The van der Waals surface area contributed by atoms with Crippen molar-refractivity contribution in [1.82, 2.24) is 5.32 Å². The highest BCUT2D eigenvalue weighted by molar-refractivity contribution is 6.12. The van der Waals surface area contributed by atoms with E-state index in [0.717, 1.165) is 17.0 Å². The van der Waals surface area contributed by atoms with Crippen LogP contribution in [-0.2, 0) is 19.2 Å². The molecule has 0 bridgehead atoms. The van der Waals surface area contributed by atoms with Gasteiger partial charge in [-0.1, -0.05) is 0 Å². The fourth-order valence-corrected chi connectivity index (χ4v) is 2.36. The molecule has 1 saturated heterocycles. The molecular formula is C14H14F2N4O4. The Morgan fingerprint density at radius 1 is 1.17 bits per heavy atom. The lowest BCUT2D eigenvalue weighted by Crippen LogP contribution is -2.54. The highest BCUT2D eigenvalue weighted by Crippen LogP contribution is 2.26. The van der Waals surface area contributed by atoms with Crippen molar-refractivity contribution in [2.75, 3.05) is 11.4 Å². The Hall–Kier alpha value is -3.04. The number of hydrogen-bond acceptors (Lipinski definition) is 4. The summed E-state index contributed by atoms with van der Waals surface area (Å²) in [7, 11) is 0. The number of nitrogens with zero attached hydrogens (tertiary/aromatic N) is 1. The molecule has 1 atom stereocenters. The fraction of sp³-hybridized carbons (Fsp3) is 0.286. The fourth-order valence-electron chi connectivity index (χ4n) is 2.36. The van der Waals surface area contributed by atoms with E-state index in [1.807, 2.05) is 5.32 Å². The van der Waals surface area contributed by atoms with Crippen LogP contribution in [0.25, 0.3) is 0 Å². The van der Waals surface area contributed by atoms with Crippen LogP contribution in [0.5, 0.6) is 0 Å². The second-order valence-electron chi connectivity index (χ2n) is 5.18. The first kappa shape index (κ1) is 17.3. The van der Waals surface area contributed by atoms with Crippen molar-refractivity contribution in [2.45, 2.75) is 12.5 Å². The summed E-state index contributed by atoms with van der Waals surface area (Å²) in [6.07, 6.45) is 0.0634. The minimum atomic E-state index is -1.73. The summed E-state index contributed by atoms with van der Waals surface area (Å²) >= 11 is 0. The Morgan fingerprint density at radius 2 is 1.79 bits per heavy atom. The van der Waals surface area contributed by atoms with Crippen molar-refractivity contribution in [3.05, 3.63) is 29.8 Å². The summed E-state index contributed by atoms with van der Waals surface area (Å²) in [6.45, 7) is 0.0831. The van der Waals surface area contributed by atoms with E-state index in [0.29, 0.717) is 0 Å². The second-order valence-corrected chi connectivity index (χ2v) is 5.18. The molecule has 0 aromatic heterocycles. The van der Waals surface area contributed by atoms with Gasteiger partial charge in [-0.15, -0.1) is 0 Å². The van der Waals surface area contributed by atoms with E-state index in [1.54, 1.807) is 0 Å². The molecule has 10 heteroatoms. The van der Waals surface area contributed by atoms with Crippen molar-refractivity contribution >= 4 is 29.3 Å². The number of carbonyl (C=O) groups excluding carboxylic acids is 4. The number of benzene rings is 1. The summed E-state index contributed by atoms with van der Waals surface area (Å²) in [5.74, 6) is -7.27. The van der Waals surface area contributed by atoms with E-state index in [-0.39, 0.29) is 18.7 Å². The molecule has 8 nitrogen and oxygen atoms in total. The monoisotopic (exact) mass is 340 g/mol. The van der Waals surface area contributed by atoms with Crippen LogP contribution >= 0.6 is 0 Å². The topological polar surface area (TPSA) is 136 Å². The Labute approximate surface area is 134 Å². The highest BCUT2D eigenvalue weighted by Gasteiger charge is 2.39. The predicted octanol–water partition coefficient (Wildman–Crippen LogP) is -1.23. The average Bonchev–Trinajstić information content (AvgIpc) is 2.88. The van der Waals surface area contributed by atoms with Gasteiger partial charge in [0.25, 0.3) is 0 Å². The smallest absolute Gasteiger partial charge is 0.249 e. The summed E-state index contributed by atoms with van der Waals surface area (Å²) in [5.41, 5.74) is 9.98. The molecule has 1 aliphatic heterocycles. The Bertz CT molecular complexity index is 711. The zero-order valence-electron chi connectivity index (χ0n) is 12.3. The van der Waals surface area contributed by atoms with Crippen LogP contribution < -0.4 is 21.7 Å². The number of anilines is 1. The third-order valence-corrected chi connectivity index (χ3v) is 3.59. The molecule has 4 amide bonds. The molecule has 24 heavy (non-hydrogen) atoms. The second kappa shape index (κ2) is 6.60. The number of nitrogens with one attached hydrogen (secondary N) is 1. The molecule has 1 fully saturated rings. The number of nitrogens with two attached hydrogens (primary N) is 2. The first-order valence-electron chi connectivity index (χ1n) is 6.87. The van der Waals surface area contributed by atoms with Gasteiger partial charge in [0.15, 0.2) is 17.7 Å². The van der Waals surface area contributed by atoms with Gasteiger partial charge in [0, 0.05) is 18.3 Å². The maximum Gasteiger partial charge on any atom is 0.249 e. The van der Waals surface area contributed by atoms with E-state index in [2.05, 4.69) is 0 Å². The molecule has 0 aliphatic carbocycles. The van der Waals surface area contributed by atoms with Crippen molar-refractivity contribution < 1.29 is 28.0 Å². The maximum absolute atomic E-state index is 13.3. The van der Waals surface area contributed by atoms with Gasteiger partial charge >= 0.3 is 0 Å². The van der Waals surface area contributed by atoms with Crippen LogP contribution in [0.1, 0.15) is 6.42 Å². The number of hydrogen-bond donors (Lipinski definition) is 3. The lowest BCUT2D eigenvalue weighted by molar-refractivity contribution is -0.138. The van der Waals surface area contributed by atoms with Crippen LogP contribution in [0.2, 0.25) is 0 Å². The quantitative estimate of drug-likeness (QED) is 0.578. The summed E-state index contributed by atoms with van der Waals surface area (Å²) in [4.78, 5) is 47.6. The summed E-state index contributed by atoms with van der Waals surface area (Å²) in [6, 6.07) is 1.17. The number of halogens is 2. The summed E-state index contributed by atoms with van der Waals surface area (Å²) in [5, 5.41) is 2.01. The Kier molecular flexibility index (Phi) is 4.77. The molecule has 0 unspecified atom stereocenters. The molecule has 5 N–H and O–H groups in total. The first-order chi connectivity index (χ1) is 11.2. The van der Waals surface area contributed by atoms with Crippen LogP contribution in [0, 0.1) is 17.6 Å². The number of carbonyl (C=O) groups is 4. The average molecular weight is 340 g/mol. The van der Waals surface area contributed by atoms with Gasteiger partial charge in [0.1, 0.15) is 5.92 Å². The molecule has 1 heterocycles. The third-order valence-electron chi connectivity index (χ3n) is 3.59. The first-order valence-corrected chi connectivity index (χ1v) is 6.87. The zero-order chi connectivity index (χ0) is 18.0. The maximum atomic E-state index is 13.3. The Balaban J connectivity index is 2.13. The lowest BCUT2D eigenvalue weighted by atomic mass is 10.1. The molecule has 2 rings (SSSR count). The zero-order valence-corrected chi connectivity index (χ0v) is 12.3. The van der Waals surface area contributed by atoms with Crippen LogP contribution in [0.3, 0.4) is 0 Å². The molecule has 1 aromatic carbocycles. The van der Waals surface area contributed by atoms with E-state index < -0.39 is 47.2 Å². The number of primary amides is 2. The van der Waals surface area contributed by atoms with Gasteiger partial charge in [-0.25, -0.2) is 8.78 Å². The van der Waals surface area contributed by atoms with E-state index in [9.17, 15) is 28.0 Å². The van der Waals surface area contributed by atoms with Crippen molar-refractivity contribution in [1.29, 1.82) is 0 Å². The molecule has 1 aliphatic rings. The largest absolute Gasteiger partial charge is 0.367 e. The van der Waals surface area contributed by atoms with E-state index >= 15 is 0 Å². The van der Waals surface area contributed by atoms with Gasteiger partial charge in [-0.05, 0) is 18.6 Å².